The standard InChI is InChI=1S/C20H14Cl2O3/c21-17-11-16(20(24)25)19(23)18(22)15(17)10-12-6-8-14(9-7-12)13-4-2-1-3-5-13/h1-9,11,23H,10H2,(H,24,25). The summed E-state index contributed by atoms with van der Waals surface area (Å²) in [6.45, 7) is 0. The number of carboxylic acid groups (broad SMARTS) is 1. The number of hydrogen-bond donors (Lipinski definition) is 2. The van der Waals surface area contributed by atoms with Crippen LogP contribution in [0.3, 0.4) is 0 Å². The van der Waals surface area contributed by atoms with Crippen LogP contribution in [0.15, 0.2) is 60.7 Å². The molecule has 0 aliphatic heterocycles. The van der Waals surface area contributed by atoms with Gasteiger partial charge in [-0.3, -0.25) is 0 Å². The van der Waals surface area contributed by atoms with Crippen molar-refractivity contribution in [1.29, 1.82) is 0 Å². The lowest BCUT2D eigenvalue weighted by atomic mass is 9.99. The first-order valence-corrected chi connectivity index (χ1v) is 8.30. The van der Waals surface area contributed by atoms with Gasteiger partial charge in [0.2, 0.25) is 0 Å². The lowest BCUT2D eigenvalue weighted by molar-refractivity contribution is 0.0693. The third-order valence-electron chi connectivity index (χ3n) is 3.96. The maximum absolute atomic E-state index is 11.1. The highest BCUT2D eigenvalue weighted by atomic mass is 35.5. The second-order valence-electron chi connectivity index (χ2n) is 5.59. The van der Waals surface area contributed by atoms with Crippen molar-refractivity contribution in [3.63, 3.8) is 0 Å². The second kappa shape index (κ2) is 7.18. The van der Waals surface area contributed by atoms with Gasteiger partial charge >= 0.3 is 5.97 Å². The molecule has 126 valence electrons. The van der Waals surface area contributed by atoms with Crippen molar-refractivity contribution in [1.82, 2.24) is 0 Å². The molecule has 3 nitrogen and oxygen atoms in total. The Kier molecular flexibility index (Phi) is 4.98. The number of rotatable bonds is 4. The summed E-state index contributed by atoms with van der Waals surface area (Å²) in [6.07, 6.45) is 0.389. The Labute approximate surface area is 155 Å². The van der Waals surface area contributed by atoms with Crippen LogP contribution in [0.1, 0.15) is 21.5 Å². The molecule has 0 fully saturated rings. The third kappa shape index (κ3) is 3.63. The summed E-state index contributed by atoms with van der Waals surface area (Å²) in [5.41, 5.74) is 3.35. The Bertz CT molecular complexity index is 920. The van der Waals surface area contributed by atoms with Gasteiger partial charge in [0, 0.05) is 11.4 Å². The van der Waals surface area contributed by atoms with Crippen molar-refractivity contribution in [2.45, 2.75) is 6.42 Å². The number of hydrogen-bond acceptors (Lipinski definition) is 2. The Hall–Kier alpha value is -2.49. The SMILES string of the molecule is O=C(O)c1cc(Cl)c(Cc2ccc(-c3ccccc3)cc2)c(Cl)c1O. The molecule has 0 unspecified atom stereocenters. The van der Waals surface area contributed by atoms with Crippen molar-refractivity contribution in [2.24, 2.45) is 0 Å². The van der Waals surface area contributed by atoms with E-state index in [1.807, 2.05) is 54.6 Å². The van der Waals surface area contributed by atoms with Gasteiger partial charge in [-0.05, 0) is 28.3 Å². The second-order valence-corrected chi connectivity index (χ2v) is 6.38. The molecule has 0 aliphatic carbocycles. The number of aromatic hydroxyl groups is 1. The fraction of sp³-hybridized carbons (Fsp3) is 0.0500. The van der Waals surface area contributed by atoms with Crippen molar-refractivity contribution in [3.8, 4) is 16.9 Å². The molecular weight excluding hydrogens is 359 g/mol. The number of carbonyl (C=O) groups is 1. The average Bonchev–Trinajstić information content (AvgIpc) is 2.63. The van der Waals surface area contributed by atoms with Crippen LogP contribution in [0.2, 0.25) is 10.0 Å². The van der Waals surface area contributed by atoms with Gasteiger partial charge in [-0.1, -0.05) is 77.8 Å². The molecule has 0 saturated heterocycles. The number of aromatic carboxylic acids is 1. The van der Waals surface area contributed by atoms with Gasteiger partial charge in [0.15, 0.2) is 0 Å². The lowest BCUT2D eigenvalue weighted by Gasteiger charge is -2.11. The minimum atomic E-state index is -1.28. The van der Waals surface area contributed by atoms with E-state index >= 15 is 0 Å². The molecule has 0 aliphatic rings. The molecule has 0 atom stereocenters. The van der Waals surface area contributed by atoms with E-state index in [1.54, 1.807) is 0 Å². The molecule has 0 amide bonds. The van der Waals surface area contributed by atoms with E-state index in [0.29, 0.717) is 12.0 Å². The number of benzene rings is 3. The molecule has 0 heterocycles. The van der Waals surface area contributed by atoms with Gasteiger partial charge in [-0.15, -0.1) is 0 Å². The summed E-state index contributed by atoms with van der Waals surface area (Å²) >= 11 is 12.3. The van der Waals surface area contributed by atoms with Crippen LogP contribution in [0, 0.1) is 0 Å². The third-order valence-corrected chi connectivity index (χ3v) is 4.70. The van der Waals surface area contributed by atoms with Gasteiger partial charge in [0.05, 0.1) is 5.02 Å². The fourth-order valence-electron chi connectivity index (χ4n) is 2.62. The summed E-state index contributed by atoms with van der Waals surface area (Å²) in [4.78, 5) is 11.1. The Morgan fingerprint density at radius 2 is 1.52 bits per heavy atom. The first kappa shape index (κ1) is 17.3. The highest BCUT2D eigenvalue weighted by Gasteiger charge is 2.19. The monoisotopic (exact) mass is 372 g/mol. The van der Waals surface area contributed by atoms with Gasteiger partial charge in [0.25, 0.3) is 0 Å². The molecule has 3 rings (SSSR count). The number of phenols is 1. The first-order valence-electron chi connectivity index (χ1n) is 7.55. The van der Waals surface area contributed by atoms with Crippen LogP contribution in [-0.2, 0) is 6.42 Å². The predicted octanol–water partition coefficient (Wildman–Crippen LogP) is 5.66. The van der Waals surface area contributed by atoms with Gasteiger partial charge in [0.1, 0.15) is 11.3 Å². The first-order chi connectivity index (χ1) is 12.0. The molecule has 5 heteroatoms. The average molecular weight is 373 g/mol. The van der Waals surface area contributed by atoms with E-state index in [2.05, 4.69) is 0 Å². The lowest BCUT2D eigenvalue weighted by Crippen LogP contribution is -2.00. The van der Waals surface area contributed by atoms with Crippen molar-refractivity contribution < 1.29 is 15.0 Å². The Morgan fingerprint density at radius 3 is 2.12 bits per heavy atom. The number of carboxylic acids is 1. The van der Waals surface area contributed by atoms with Gasteiger partial charge in [-0.25, -0.2) is 4.79 Å². The highest BCUT2D eigenvalue weighted by molar-refractivity contribution is 6.37. The molecule has 25 heavy (non-hydrogen) atoms. The normalized spacial score (nSPS) is 10.6. The van der Waals surface area contributed by atoms with Gasteiger partial charge < -0.3 is 10.2 Å². The molecule has 0 spiro atoms. The van der Waals surface area contributed by atoms with E-state index in [9.17, 15) is 9.90 Å². The largest absolute Gasteiger partial charge is 0.505 e. The van der Waals surface area contributed by atoms with Crippen molar-refractivity contribution in [3.05, 3.63) is 87.4 Å². The van der Waals surface area contributed by atoms with E-state index in [4.69, 9.17) is 28.3 Å². The fourth-order valence-corrected chi connectivity index (χ4v) is 3.21. The Balaban J connectivity index is 1.90. The predicted molar refractivity (Wildman–Crippen MR) is 99.8 cm³/mol. The maximum atomic E-state index is 11.1. The molecule has 3 aromatic carbocycles. The van der Waals surface area contributed by atoms with E-state index in [-0.39, 0.29) is 15.6 Å². The smallest absolute Gasteiger partial charge is 0.339 e. The highest BCUT2D eigenvalue weighted by Crippen LogP contribution is 2.37. The molecule has 0 radical (unpaired) electrons. The summed E-state index contributed by atoms with van der Waals surface area (Å²) in [7, 11) is 0. The summed E-state index contributed by atoms with van der Waals surface area (Å²) in [5.74, 6) is -1.74. The van der Waals surface area contributed by atoms with Crippen LogP contribution < -0.4 is 0 Å². The van der Waals surface area contributed by atoms with E-state index in [0.717, 1.165) is 16.7 Å². The summed E-state index contributed by atoms with van der Waals surface area (Å²) in [6, 6.07) is 19.1. The molecular formula is C20H14Cl2O3. The van der Waals surface area contributed by atoms with Gasteiger partial charge in [-0.2, -0.15) is 0 Å². The van der Waals surface area contributed by atoms with E-state index in [1.165, 1.54) is 6.07 Å². The quantitative estimate of drug-likeness (QED) is 0.621. The zero-order valence-electron chi connectivity index (χ0n) is 13.0. The van der Waals surface area contributed by atoms with Crippen LogP contribution >= 0.6 is 23.2 Å². The molecule has 0 bridgehead atoms. The minimum absolute atomic E-state index is 0.0305. The van der Waals surface area contributed by atoms with Crippen LogP contribution in [-0.4, -0.2) is 16.2 Å². The summed E-state index contributed by atoms with van der Waals surface area (Å²) in [5, 5.41) is 19.2. The molecule has 0 aromatic heterocycles. The zero-order chi connectivity index (χ0) is 18.0. The summed E-state index contributed by atoms with van der Waals surface area (Å²) < 4.78 is 0. The Morgan fingerprint density at radius 1 is 0.920 bits per heavy atom. The molecule has 0 saturated carbocycles. The molecule has 2 N–H and O–H groups in total. The van der Waals surface area contributed by atoms with E-state index < -0.39 is 11.7 Å². The van der Waals surface area contributed by atoms with Crippen LogP contribution in [0.25, 0.3) is 11.1 Å². The van der Waals surface area contributed by atoms with Crippen molar-refractivity contribution in [2.75, 3.05) is 0 Å². The van der Waals surface area contributed by atoms with Crippen LogP contribution in [0.4, 0.5) is 0 Å². The van der Waals surface area contributed by atoms with Crippen LogP contribution in [0.5, 0.6) is 5.75 Å². The minimum Gasteiger partial charge on any atom is -0.505 e. The van der Waals surface area contributed by atoms with Crippen molar-refractivity contribution >= 4 is 29.2 Å². The maximum Gasteiger partial charge on any atom is 0.339 e. The molecule has 3 aromatic rings. The topological polar surface area (TPSA) is 57.5 Å². The number of halogens is 2. The zero-order valence-corrected chi connectivity index (χ0v) is 14.6.